The first-order chi connectivity index (χ1) is 10.9. The molecule has 1 aromatic carbocycles. The molecule has 0 fully saturated rings. The number of hydrogen-bond acceptors (Lipinski definition) is 4. The molecule has 6 heteroatoms. The third kappa shape index (κ3) is 2.58. The molecule has 0 N–H and O–H groups in total. The zero-order chi connectivity index (χ0) is 16.7. The van der Waals surface area contributed by atoms with Gasteiger partial charge < -0.3 is 9.47 Å². The Labute approximate surface area is 135 Å². The lowest BCUT2D eigenvalue weighted by Gasteiger charge is -2.29. The van der Waals surface area contributed by atoms with Crippen molar-refractivity contribution in [3.05, 3.63) is 51.1 Å². The zero-order valence-corrected chi connectivity index (χ0v) is 14.0. The molecular weight excluding hydrogens is 292 g/mol. The van der Waals surface area contributed by atoms with Crippen molar-refractivity contribution in [3.8, 4) is 0 Å². The Bertz CT molecular complexity index is 764. The molecule has 23 heavy (non-hydrogen) atoms. The molecule has 0 amide bonds. The Kier molecular flexibility index (Phi) is 3.83. The van der Waals surface area contributed by atoms with Crippen molar-refractivity contribution in [2.45, 2.75) is 39.7 Å². The van der Waals surface area contributed by atoms with Crippen molar-refractivity contribution in [2.24, 2.45) is 7.05 Å². The summed E-state index contributed by atoms with van der Waals surface area (Å²) in [4.78, 5) is 17.9. The predicted octanol–water partition coefficient (Wildman–Crippen LogP) is 3.32. The van der Waals surface area contributed by atoms with Gasteiger partial charge in [-0.25, -0.2) is 4.98 Å². The molecule has 0 atom stereocenters. The summed E-state index contributed by atoms with van der Waals surface area (Å²) >= 11 is 0. The largest absolute Gasteiger partial charge is 0.359 e. The van der Waals surface area contributed by atoms with Crippen molar-refractivity contribution in [1.82, 2.24) is 9.55 Å². The van der Waals surface area contributed by atoms with E-state index in [9.17, 15) is 10.1 Å². The Balaban J connectivity index is 2.00. The summed E-state index contributed by atoms with van der Waals surface area (Å²) in [5, 5.41) is 11.4. The number of imidazole rings is 1. The fourth-order valence-electron chi connectivity index (χ4n) is 3.46. The number of aryl methyl sites for hydroxylation is 1. The molecule has 0 saturated heterocycles. The van der Waals surface area contributed by atoms with Crippen molar-refractivity contribution < 1.29 is 4.92 Å². The molecule has 0 bridgehead atoms. The van der Waals surface area contributed by atoms with Crippen LogP contribution in [0.4, 0.5) is 11.4 Å². The van der Waals surface area contributed by atoms with Crippen LogP contribution in [0.3, 0.4) is 0 Å². The summed E-state index contributed by atoms with van der Waals surface area (Å²) in [5.41, 5.74) is 4.12. The van der Waals surface area contributed by atoms with E-state index in [4.69, 9.17) is 4.98 Å². The molecule has 1 aliphatic heterocycles. The van der Waals surface area contributed by atoms with Gasteiger partial charge in [-0.1, -0.05) is 26.0 Å². The van der Waals surface area contributed by atoms with E-state index < -0.39 is 0 Å². The first-order valence-corrected chi connectivity index (χ1v) is 7.93. The smallest absolute Gasteiger partial charge is 0.292 e. The third-order valence-electron chi connectivity index (χ3n) is 4.54. The summed E-state index contributed by atoms with van der Waals surface area (Å²) in [6.07, 6.45) is 0.858. The van der Waals surface area contributed by atoms with Crippen LogP contribution in [0.5, 0.6) is 0 Å². The second-order valence-corrected chi connectivity index (χ2v) is 6.45. The number of nitro groups is 1. The van der Waals surface area contributed by atoms with Gasteiger partial charge >= 0.3 is 0 Å². The zero-order valence-electron chi connectivity index (χ0n) is 14.0. The van der Waals surface area contributed by atoms with Gasteiger partial charge in [0.15, 0.2) is 0 Å². The molecule has 0 saturated carbocycles. The molecule has 0 radical (unpaired) electrons. The second-order valence-electron chi connectivity index (χ2n) is 6.45. The third-order valence-corrected chi connectivity index (χ3v) is 4.54. The number of nitro benzene ring substituents is 1. The van der Waals surface area contributed by atoms with Gasteiger partial charge in [0.2, 0.25) is 0 Å². The summed E-state index contributed by atoms with van der Waals surface area (Å²) in [6.45, 7) is 7.60. The van der Waals surface area contributed by atoms with Crippen LogP contribution in [0.1, 0.15) is 42.5 Å². The summed E-state index contributed by atoms with van der Waals surface area (Å²) in [7, 11) is 2.06. The van der Waals surface area contributed by atoms with Gasteiger partial charge in [-0.15, -0.1) is 0 Å². The molecule has 1 aliphatic rings. The van der Waals surface area contributed by atoms with Gasteiger partial charge in [0.25, 0.3) is 5.69 Å². The molecule has 0 unspecified atom stereocenters. The van der Waals surface area contributed by atoms with Crippen LogP contribution in [-0.2, 0) is 20.0 Å². The average Bonchev–Trinajstić information content (AvgIpc) is 2.83. The number of aromatic nitrogens is 2. The minimum Gasteiger partial charge on any atom is -0.359 e. The maximum absolute atomic E-state index is 11.4. The monoisotopic (exact) mass is 314 g/mol. The fraction of sp³-hybridized carbons (Fsp3) is 0.471. The molecule has 1 aromatic heterocycles. The lowest BCUT2D eigenvalue weighted by atomic mass is 10.1. The van der Waals surface area contributed by atoms with Crippen molar-refractivity contribution >= 4 is 11.4 Å². The minimum atomic E-state index is -0.296. The van der Waals surface area contributed by atoms with E-state index >= 15 is 0 Å². The van der Waals surface area contributed by atoms with Crippen molar-refractivity contribution in [3.63, 3.8) is 0 Å². The number of nitrogens with zero attached hydrogens (tertiary/aromatic N) is 4. The van der Waals surface area contributed by atoms with Gasteiger partial charge in [-0.2, -0.15) is 0 Å². The van der Waals surface area contributed by atoms with Crippen LogP contribution >= 0.6 is 0 Å². The van der Waals surface area contributed by atoms with Gasteiger partial charge in [0, 0.05) is 37.7 Å². The van der Waals surface area contributed by atoms with E-state index in [1.54, 1.807) is 12.1 Å². The van der Waals surface area contributed by atoms with Gasteiger partial charge in [-0.3, -0.25) is 10.1 Å². The van der Waals surface area contributed by atoms with Crippen LogP contribution in [0.15, 0.2) is 18.2 Å². The minimum absolute atomic E-state index is 0.175. The van der Waals surface area contributed by atoms with E-state index in [0.29, 0.717) is 12.5 Å². The van der Waals surface area contributed by atoms with Crippen LogP contribution in [0, 0.1) is 17.0 Å². The number of para-hydroxylation sites is 1. The first-order valence-electron chi connectivity index (χ1n) is 7.93. The maximum Gasteiger partial charge on any atom is 0.292 e. The second kappa shape index (κ2) is 5.68. The molecule has 0 spiro atoms. The quantitative estimate of drug-likeness (QED) is 0.644. The van der Waals surface area contributed by atoms with Crippen molar-refractivity contribution in [2.75, 3.05) is 11.4 Å². The molecule has 2 heterocycles. The van der Waals surface area contributed by atoms with Crippen LogP contribution in [0.2, 0.25) is 0 Å². The number of hydrogen-bond donors (Lipinski definition) is 0. The highest BCUT2D eigenvalue weighted by Crippen LogP contribution is 2.35. The van der Waals surface area contributed by atoms with Gasteiger partial charge in [-0.05, 0) is 12.5 Å². The lowest BCUT2D eigenvalue weighted by molar-refractivity contribution is -0.384. The highest BCUT2D eigenvalue weighted by Gasteiger charge is 2.28. The normalized spacial score (nSPS) is 14.2. The Morgan fingerprint density at radius 2 is 2.09 bits per heavy atom. The molecule has 6 nitrogen and oxygen atoms in total. The Morgan fingerprint density at radius 3 is 2.74 bits per heavy atom. The molecule has 2 aromatic rings. The molecule has 0 aliphatic carbocycles. The number of rotatable bonds is 3. The van der Waals surface area contributed by atoms with E-state index in [1.807, 2.05) is 13.0 Å². The van der Waals surface area contributed by atoms with E-state index in [2.05, 4.69) is 30.4 Å². The number of fused-ring (bicyclic) bond motifs is 1. The summed E-state index contributed by atoms with van der Waals surface area (Å²) in [5.74, 6) is 1.45. The predicted molar refractivity (Wildman–Crippen MR) is 89.9 cm³/mol. The topological polar surface area (TPSA) is 64.2 Å². The molecule has 122 valence electrons. The SMILES string of the molecule is Cc1cccc([N+](=O)[O-])c1N1CCc2c(nc(C(C)C)n2C)C1. The Hall–Kier alpha value is -2.37. The molecular formula is C17H22N4O2. The summed E-state index contributed by atoms with van der Waals surface area (Å²) < 4.78 is 2.18. The summed E-state index contributed by atoms with van der Waals surface area (Å²) in [6, 6.07) is 5.25. The average molecular weight is 314 g/mol. The maximum atomic E-state index is 11.4. The highest BCUT2D eigenvalue weighted by molar-refractivity contribution is 5.68. The van der Waals surface area contributed by atoms with Gasteiger partial charge in [0.1, 0.15) is 11.5 Å². The van der Waals surface area contributed by atoms with Crippen molar-refractivity contribution in [1.29, 1.82) is 0 Å². The van der Waals surface area contributed by atoms with Gasteiger partial charge in [0.05, 0.1) is 17.2 Å². The number of anilines is 1. The van der Waals surface area contributed by atoms with E-state index in [-0.39, 0.29) is 10.6 Å². The standard InChI is InChI=1S/C17H22N4O2/c1-11(2)17-18-13-10-20(9-8-14(13)19(17)4)16-12(3)6-5-7-15(16)21(22)23/h5-7,11H,8-10H2,1-4H3. The van der Waals surface area contributed by atoms with Crippen LogP contribution in [-0.4, -0.2) is 21.0 Å². The molecule has 3 rings (SSSR count). The van der Waals surface area contributed by atoms with E-state index in [0.717, 1.165) is 35.7 Å². The highest BCUT2D eigenvalue weighted by atomic mass is 16.6. The van der Waals surface area contributed by atoms with E-state index in [1.165, 1.54) is 5.69 Å². The fourth-order valence-corrected chi connectivity index (χ4v) is 3.46. The van der Waals surface area contributed by atoms with Crippen LogP contribution < -0.4 is 4.90 Å². The van der Waals surface area contributed by atoms with Crippen LogP contribution in [0.25, 0.3) is 0 Å². The Morgan fingerprint density at radius 1 is 1.35 bits per heavy atom. The lowest BCUT2D eigenvalue weighted by Crippen LogP contribution is -2.32. The number of benzene rings is 1. The first kappa shape index (κ1) is 15.5.